The molecule has 1 aromatic heterocycles. The van der Waals surface area contributed by atoms with Crippen LogP contribution in [-0.4, -0.2) is 11.6 Å². The number of aromatic nitrogens is 1. The van der Waals surface area contributed by atoms with Gasteiger partial charge in [-0.3, -0.25) is 4.98 Å². The molecule has 12 heavy (non-hydrogen) atoms. The predicted molar refractivity (Wildman–Crippen MR) is 48.7 cm³/mol. The summed E-state index contributed by atoms with van der Waals surface area (Å²) in [6.45, 7) is 4.21. The highest BCUT2D eigenvalue weighted by molar-refractivity contribution is 5.09. The molecule has 1 aromatic rings. The number of nitrogens with zero attached hydrogens (tertiary/aromatic N) is 1. The van der Waals surface area contributed by atoms with Crippen LogP contribution in [-0.2, 0) is 11.2 Å². The van der Waals surface area contributed by atoms with Crippen molar-refractivity contribution < 1.29 is 4.74 Å². The van der Waals surface area contributed by atoms with E-state index in [1.807, 2.05) is 24.5 Å². The largest absolute Gasteiger partial charge is 0.502 e. The molecule has 0 bridgehead atoms. The predicted octanol–water partition coefficient (Wildman–Crippen LogP) is 2.17. The number of aryl methyl sites for hydroxylation is 1. The Morgan fingerprint density at radius 2 is 2.17 bits per heavy atom. The maximum atomic E-state index is 5.00. The molecule has 64 valence electrons. The van der Waals surface area contributed by atoms with Crippen LogP contribution in [0.5, 0.6) is 0 Å². The quantitative estimate of drug-likeness (QED) is 0.490. The molecule has 1 heterocycles. The summed E-state index contributed by atoms with van der Waals surface area (Å²) < 4.78 is 5.00. The van der Waals surface area contributed by atoms with Crippen LogP contribution in [0.2, 0.25) is 0 Å². The Labute approximate surface area is 72.9 Å². The summed E-state index contributed by atoms with van der Waals surface area (Å²) in [4.78, 5) is 3.94. The summed E-state index contributed by atoms with van der Waals surface area (Å²) in [7, 11) is 0. The molecule has 0 spiro atoms. The number of hydrogen-bond acceptors (Lipinski definition) is 2. The summed E-state index contributed by atoms with van der Waals surface area (Å²) >= 11 is 0. The van der Waals surface area contributed by atoms with Crippen LogP contribution in [0.1, 0.15) is 12.0 Å². The van der Waals surface area contributed by atoms with Crippen molar-refractivity contribution >= 4 is 0 Å². The molecule has 0 radical (unpaired) electrons. The third-order valence-electron chi connectivity index (χ3n) is 1.59. The van der Waals surface area contributed by atoms with Crippen molar-refractivity contribution in [3.05, 3.63) is 42.9 Å². The van der Waals surface area contributed by atoms with Gasteiger partial charge in [0.2, 0.25) is 0 Å². The van der Waals surface area contributed by atoms with Gasteiger partial charge in [-0.05, 0) is 30.5 Å². The third kappa shape index (κ3) is 3.19. The Hall–Kier alpha value is -1.31. The van der Waals surface area contributed by atoms with Gasteiger partial charge in [0.05, 0.1) is 12.9 Å². The Bertz CT molecular complexity index is 221. The van der Waals surface area contributed by atoms with Gasteiger partial charge in [-0.15, -0.1) is 0 Å². The molecule has 0 aromatic carbocycles. The minimum Gasteiger partial charge on any atom is -0.502 e. The molecule has 1 rings (SSSR count). The zero-order chi connectivity index (χ0) is 8.65. The van der Waals surface area contributed by atoms with Crippen LogP contribution in [0, 0.1) is 0 Å². The van der Waals surface area contributed by atoms with Gasteiger partial charge in [0.15, 0.2) is 0 Å². The molecule has 0 N–H and O–H groups in total. The van der Waals surface area contributed by atoms with E-state index in [0.717, 1.165) is 19.4 Å². The number of ether oxygens (including phenoxy) is 1. The number of pyridine rings is 1. The first kappa shape index (κ1) is 8.78. The lowest BCUT2D eigenvalue weighted by molar-refractivity contribution is 0.246. The van der Waals surface area contributed by atoms with E-state index in [-0.39, 0.29) is 0 Å². The van der Waals surface area contributed by atoms with Crippen molar-refractivity contribution in [2.24, 2.45) is 0 Å². The summed E-state index contributed by atoms with van der Waals surface area (Å²) in [5.74, 6) is 0. The summed E-state index contributed by atoms with van der Waals surface area (Å²) in [5.41, 5.74) is 1.30. The second-order valence-corrected chi connectivity index (χ2v) is 2.50. The van der Waals surface area contributed by atoms with Crippen LogP contribution >= 0.6 is 0 Å². The van der Waals surface area contributed by atoms with E-state index in [2.05, 4.69) is 11.6 Å². The third-order valence-corrected chi connectivity index (χ3v) is 1.59. The topological polar surface area (TPSA) is 22.1 Å². The van der Waals surface area contributed by atoms with E-state index in [1.165, 1.54) is 11.8 Å². The van der Waals surface area contributed by atoms with Crippen molar-refractivity contribution in [3.8, 4) is 0 Å². The smallest absolute Gasteiger partial charge is 0.0876 e. The first-order valence-electron chi connectivity index (χ1n) is 4.05. The van der Waals surface area contributed by atoms with E-state index in [4.69, 9.17) is 4.74 Å². The van der Waals surface area contributed by atoms with Gasteiger partial charge in [0.25, 0.3) is 0 Å². The molecule has 2 heteroatoms. The van der Waals surface area contributed by atoms with Crippen LogP contribution in [0.25, 0.3) is 0 Å². The Morgan fingerprint density at radius 1 is 1.42 bits per heavy atom. The van der Waals surface area contributed by atoms with Crippen LogP contribution in [0.4, 0.5) is 0 Å². The maximum absolute atomic E-state index is 5.00. The van der Waals surface area contributed by atoms with Gasteiger partial charge in [-0.2, -0.15) is 0 Å². The Balaban J connectivity index is 2.20. The average molecular weight is 163 g/mol. The summed E-state index contributed by atoms with van der Waals surface area (Å²) in [5, 5.41) is 0. The monoisotopic (exact) mass is 163 g/mol. The summed E-state index contributed by atoms with van der Waals surface area (Å²) in [6.07, 6.45) is 7.16. The molecule has 0 amide bonds. The SMILES string of the molecule is C=COCCCc1ccncc1. The fourth-order valence-corrected chi connectivity index (χ4v) is 0.992. The highest BCUT2D eigenvalue weighted by Gasteiger charge is 1.90. The molecular formula is C10H13NO. The number of rotatable bonds is 5. The van der Waals surface area contributed by atoms with Crippen molar-refractivity contribution in [2.75, 3.05) is 6.61 Å². The molecule has 2 nitrogen and oxygen atoms in total. The molecule has 0 atom stereocenters. The number of hydrogen-bond donors (Lipinski definition) is 0. The lowest BCUT2D eigenvalue weighted by Gasteiger charge is -2.00. The van der Waals surface area contributed by atoms with Gasteiger partial charge >= 0.3 is 0 Å². The van der Waals surface area contributed by atoms with E-state index >= 15 is 0 Å². The van der Waals surface area contributed by atoms with E-state index in [1.54, 1.807) is 0 Å². The fourth-order valence-electron chi connectivity index (χ4n) is 0.992. The molecule has 0 saturated carbocycles. The van der Waals surface area contributed by atoms with Gasteiger partial charge in [-0.25, -0.2) is 0 Å². The molecular weight excluding hydrogens is 150 g/mol. The molecule has 0 aliphatic carbocycles. The standard InChI is InChI=1S/C10H13NO/c1-2-12-9-3-4-10-5-7-11-8-6-10/h2,5-8H,1,3-4,9H2. The van der Waals surface area contributed by atoms with Gasteiger partial charge in [0, 0.05) is 12.4 Å². The molecule has 0 saturated heterocycles. The van der Waals surface area contributed by atoms with Gasteiger partial charge in [0.1, 0.15) is 0 Å². The lowest BCUT2D eigenvalue weighted by Crippen LogP contribution is -1.91. The molecule has 0 aliphatic rings. The van der Waals surface area contributed by atoms with E-state index in [9.17, 15) is 0 Å². The zero-order valence-electron chi connectivity index (χ0n) is 7.07. The minimum absolute atomic E-state index is 0.742. The minimum atomic E-state index is 0.742. The van der Waals surface area contributed by atoms with E-state index in [0.29, 0.717) is 0 Å². The molecule has 0 unspecified atom stereocenters. The van der Waals surface area contributed by atoms with Gasteiger partial charge < -0.3 is 4.74 Å². The van der Waals surface area contributed by atoms with Crippen molar-refractivity contribution in [2.45, 2.75) is 12.8 Å². The maximum Gasteiger partial charge on any atom is 0.0876 e. The van der Waals surface area contributed by atoms with Crippen molar-refractivity contribution in [1.29, 1.82) is 0 Å². The van der Waals surface area contributed by atoms with E-state index < -0.39 is 0 Å². The van der Waals surface area contributed by atoms with Crippen LogP contribution in [0.3, 0.4) is 0 Å². The normalized spacial score (nSPS) is 9.33. The lowest BCUT2D eigenvalue weighted by atomic mass is 10.1. The van der Waals surface area contributed by atoms with Gasteiger partial charge in [-0.1, -0.05) is 6.58 Å². The second-order valence-electron chi connectivity index (χ2n) is 2.50. The second kappa shape index (κ2) is 5.35. The van der Waals surface area contributed by atoms with Crippen molar-refractivity contribution in [1.82, 2.24) is 4.98 Å². The Kier molecular flexibility index (Phi) is 3.92. The molecule has 0 fully saturated rings. The van der Waals surface area contributed by atoms with Crippen molar-refractivity contribution in [3.63, 3.8) is 0 Å². The highest BCUT2D eigenvalue weighted by Crippen LogP contribution is 2.00. The first-order chi connectivity index (χ1) is 5.93. The molecule has 0 aliphatic heterocycles. The average Bonchev–Trinajstić information content (AvgIpc) is 2.14. The van der Waals surface area contributed by atoms with Crippen LogP contribution < -0.4 is 0 Å². The highest BCUT2D eigenvalue weighted by atomic mass is 16.5. The Morgan fingerprint density at radius 3 is 2.83 bits per heavy atom. The fraction of sp³-hybridized carbons (Fsp3) is 0.300. The zero-order valence-corrected chi connectivity index (χ0v) is 7.07. The summed E-state index contributed by atoms with van der Waals surface area (Å²) in [6, 6.07) is 4.04. The van der Waals surface area contributed by atoms with Crippen LogP contribution in [0.15, 0.2) is 37.4 Å². The first-order valence-corrected chi connectivity index (χ1v) is 4.05.